The Morgan fingerprint density at radius 3 is 2.00 bits per heavy atom. The molecule has 2 fully saturated rings. The highest BCUT2D eigenvalue weighted by Gasteiger charge is 2.40. The molecule has 0 aliphatic carbocycles. The zero-order chi connectivity index (χ0) is 17.9. The van der Waals surface area contributed by atoms with Crippen LogP contribution in [0.1, 0.15) is 89.9 Å². The van der Waals surface area contributed by atoms with E-state index in [4.69, 9.17) is 10.5 Å². The Hall–Kier alpha value is -1.10. The average Bonchev–Trinajstić information content (AvgIpc) is 3.18. The van der Waals surface area contributed by atoms with Gasteiger partial charge in [-0.2, -0.15) is 0 Å². The second-order valence-electron chi connectivity index (χ2n) is 7.58. The maximum absolute atomic E-state index is 12.1. The Labute approximate surface area is 152 Å². The summed E-state index contributed by atoms with van der Waals surface area (Å²) >= 11 is 0. The molecule has 0 aromatic rings. The zero-order valence-electron chi connectivity index (χ0n) is 15.7. The summed E-state index contributed by atoms with van der Waals surface area (Å²) in [5, 5.41) is 0. The van der Waals surface area contributed by atoms with Crippen LogP contribution in [0.4, 0.5) is 0 Å². The van der Waals surface area contributed by atoms with Gasteiger partial charge in [-0.1, -0.05) is 51.4 Å². The van der Waals surface area contributed by atoms with Gasteiger partial charge in [-0.15, -0.1) is 0 Å². The number of amides is 1. The molecule has 144 valence electrons. The van der Waals surface area contributed by atoms with Gasteiger partial charge in [-0.25, -0.2) is 0 Å². The Bertz CT molecular complexity index is 414. The molecule has 0 aromatic carbocycles. The molecule has 2 aliphatic heterocycles. The van der Waals surface area contributed by atoms with Crippen LogP contribution < -0.4 is 5.73 Å². The average molecular weight is 353 g/mol. The number of hydrogen-bond donors (Lipinski definition) is 1. The largest absolute Gasteiger partial charge is 0.460 e. The summed E-state index contributed by atoms with van der Waals surface area (Å²) in [6, 6.07) is 0.132. The number of unbranched alkanes of at least 4 members (excludes halogenated alkanes) is 9. The molecule has 2 unspecified atom stereocenters. The first-order chi connectivity index (χ1) is 12.2. The fourth-order valence-electron chi connectivity index (χ4n) is 4.09. The Morgan fingerprint density at radius 2 is 1.44 bits per heavy atom. The molecule has 0 bridgehead atoms. The van der Waals surface area contributed by atoms with E-state index in [0.29, 0.717) is 12.8 Å². The molecule has 0 spiro atoms. The van der Waals surface area contributed by atoms with Gasteiger partial charge in [-0.3, -0.25) is 9.59 Å². The van der Waals surface area contributed by atoms with E-state index >= 15 is 0 Å². The first-order valence-electron chi connectivity index (χ1n) is 10.4. The second kappa shape index (κ2) is 11.5. The monoisotopic (exact) mass is 352 g/mol. The molecule has 2 saturated heterocycles. The first-order valence-corrected chi connectivity index (χ1v) is 10.4. The minimum Gasteiger partial charge on any atom is -0.460 e. The van der Waals surface area contributed by atoms with Crippen LogP contribution in [0.2, 0.25) is 0 Å². The van der Waals surface area contributed by atoms with Crippen LogP contribution in [0.3, 0.4) is 0 Å². The molecule has 2 heterocycles. The number of ether oxygens (including phenoxy) is 1. The third-order valence-corrected chi connectivity index (χ3v) is 5.57. The van der Waals surface area contributed by atoms with Gasteiger partial charge in [0.15, 0.2) is 0 Å². The van der Waals surface area contributed by atoms with Crippen LogP contribution in [0.15, 0.2) is 0 Å². The topological polar surface area (TPSA) is 72.6 Å². The van der Waals surface area contributed by atoms with Crippen LogP contribution in [0.5, 0.6) is 0 Å². The van der Waals surface area contributed by atoms with Crippen molar-refractivity contribution < 1.29 is 14.3 Å². The van der Waals surface area contributed by atoms with Crippen molar-refractivity contribution in [3.05, 3.63) is 0 Å². The molecule has 2 atom stereocenters. The number of rotatable bonds is 13. The van der Waals surface area contributed by atoms with Crippen molar-refractivity contribution in [1.82, 2.24) is 4.90 Å². The molecule has 5 heteroatoms. The Morgan fingerprint density at radius 1 is 0.840 bits per heavy atom. The van der Waals surface area contributed by atoms with E-state index in [1.54, 1.807) is 0 Å². The minimum absolute atomic E-state index is 0.0572. The molecular formula is C20H36N2O3. The van der Waals surface area contributed by atoms with Crippen molar-refractivity contribution in [2.24, 2.45) is 5.73 Å². The number of nitrogens with zero attached hydrogens (tertiary/aromatic N) is 1. The maximum atomic E-state index is 12.1. The van der Waals surface area contributed by atoms with Crippen LogP contribution in [-0.2, 0) is 14.3 Å². The fourth-order valence-corrected chi connectivity index (χ4v) is 4.09. The predicted molar refractivity (Wildman–Crippen MR) is 99.1 cm³/mol. The standard InChI is InChI=1S/C20H36N2O3/c21-15-9-7-5-3-1-2-4-6-8-10-16-22-17(11-13-19(22)23)18-12-14-20(24)25-18/h17-18H,1-16,21H2. The van der Waals surface area contributed by atoms with Gasteiger partial charge < -0.3 is 15.4 Å². The van der Waals surface area contributed by atoms with Crippen molar-refractivity contribution in [3.63, 3.8) is 0 Å². The SMILES string of the molecule is NCCCCCCCCCCCCN1C(=O)CCC1C1CCC(=O)O1. The lowest BCUT2D eigenvalue weighted by atomic mass is 10.0. The van der Waals surface area contributed by atoms with Crippen molar-refractivity contribution in [2.45, 2.75) is 102 Å². The molecule has 1 amide bonds. The van der Waals surface area contributed by atoms with Crippen molar-refractivity contribution in [1.29, 1.82) is 0 Å². The van der Waals surface area contributed by atoms with Crippen LogP contribution >= 0.6 is 0 Å². The fraction of sp³-hybridized carbons (Fsp3) is 0.900. The smallest absolute Gasteiger partial charge is 0.306 e. The van der Waals surface area contributed by atoms with E-state index in [0.717, 1.165) is 38.8 Å². The van der Waals surface area contributed by atoms with Crippen LogP contribution in [0.25, 0.3) is 0 Å². The second-order valence-corrected chi connectivity index (χ2v) is 7.58. The van der Waals surface area contributed by atoms with Gasteiger partial charge in [0.25, 0.3) is 0 Å². The predicted octanol–water partition coefficient (Wildman–Crippen LogP) is 3.54. The molecule has 0 saturated carbocycles. The Kier molecular flexibility index (Phi) is 9.30. The number of cyclic esters (lactones) is 1. The summed E-state index contributed by atoms with van der Waals surface area (Å²) in [5.74, 6) is 0.137. The van der Waals surface area contributed by atoms with Crippen LogP contribution in [-0.4, -0.2) is 42.0 Å². The van der Waals surface area contributed by atoms with E-state index in [1.165, 1.54) is 51.4 Å². The van der Waals surface area contributed by atoms with Gasteiger partial charge in [0, 0.05) is 19.4 Å². The van der Waals surface area contributed by atoms with E-state index < -0.39 is 0 Å². The van der Waals surface area contributed by atoms with Crippen molar-refractivity contribution in [2.75, 3.05) is 13.1 Å². The third-order valence-electron chi connectivity index (χ3n) is 5.57. The lowest BCUT2D eigenvalue weighted by Gasteiger charge is -2.28. The highest BCUT2D eigenvalue weighted by molar-refractivity contribution is 5.79. The highest BCUT2D eigenvalue weighted by atomic mass is 16.6. The minimum atomic E-state index is -0.104. The zero-order valence-corrected chi connectivity index (χ0v) is 15.7. The molecule has 5 nitrogen and oxygen atoms in total. The van der Waals surface area contributed by atoms with Gasteiger partial charge in [0.1, 0.15) is 6.10 Å². The number of nitrogens with two attached hydrogens (primary N) is 1. The quantitative estimate of drug-likeness (QED) is 0.406. The Balaban J connectivity index is 1.50. The number of hydrogen-bond acceptors (Lipinski definition) is 4. The first kappa shape index (κ1) is 20.2. The summed E-state index contributed by atoms with van der Waals surface area (Å²) in [6.07, 6.45) is 15.3. The summed E-state index contributed by atoms with van der Waals surface area (Å²) in [6.45, 7) is 1.65. The van der Waals surface area contributed by atoms with Gasteiger partial charge in [0.2, 0.25) is 5.91 Å². The van der Waals surface area contributed by atoms with Gasteiger partial charge >= 0.3 is 5.97 Å². The van der Waals surface area contributed by atoms with E-state index in [1.807, 2.05) is 4.90 Å². The number of esters is 1. The normalized spacial score (nSPS) is 23.5. The third kappa shape index (κ3) is 6.96. The van der Waals surface area contributed by atoms with Gasteiger partial charge in [0.05, 0.1) is 6.04 Å². The number of carbonyl (C=O) groups is 2. The summed E-state index contributed by atoms with van der Waals surface area (Å²) in [5.41, 5.74) is 5.49. The van der Waals surface area contributed by atoms with Crippen molar-refractivity contribution >= 4 is 11.9 Å². The van der Waals surface area contributed by atoms with Gasteiger partial charge in [-0.05, 0) is 32.2 Å². The summed E-state index contributed by atoms with van der Waals surface area (Å²) in [7, 11) is 0. The maximum Gasteiger partial charge on any atom is 0.306 e. The lowest BCUT2D eigenvalue weighted by Crippen LogP contribution is -2.41. The molecule has 2 N–H and O–H groups in total. The molecule has 2 aliphatic rings. The molecule has 25 heavy (non-hydrogen) atoms. The molecular weight excluding hydrogens is 316 g/mol. The summed E-state index contributed by atoms with van der Waals surface area (Å²) in [4.78, 5) is 25.4. The lowest BCUT2D eigenvalue weighted by molar-refractivity contribution is -0.145. The van der Waals surface area contributed by atoms with E-state index in [9.17, 15) is 9.59 Å². The number of likely N-dealkylation sites (tertiary alicyclic amines) is 1. The van der Waals surface area contributed by atoms with Crippen molar-refractivity contribution in [3.8, 4) is 0 Å². The molecule has 0 aromatic heterocycles. The van der Waals surface area contributed by atoms with E-state index in [-0.39, 0.29) is 24.0 Å². The highest BCUT2D eigenvalue weighted by Crippen LogP contribution is 2.29. The summed E-state index contributed by atoms with van der Waals surface area (Å²) < 4.78 is 5.39. The molecule has 2 rings (SSSR count). The van der Waals surface area contributed by atoms with E-state index in [2.05, 4.69) is 0 Å². The molecule has 0 radical (unpaired) electrons. The van der Waals surface area contributed by atoms with Crippen LogP contribution in [0, 0.1) is 0 Å². The number of carbonyl (C=O) groups excluding carboxylic acids is 2.